The summed E-state index contributed by atoms with van der Waals surface area (Å²) in [6.45, 7) is 6.28. The average Bonchev–Trinajstić information content (AvgIpc) is 3.27. The predicted molar refractivity (Wildman–Crippen MR) is 144 cm³/mol. The minimum Gasteiger partial charge on any atom is -0.493 e. The first-order chi connectivity index (χ1) is 19.3. The van der Waals surface area contributed by atoms with Gasteiger partial charge in [-0.3, -0.25) is 9.59 Å². The summed E-state index contributed by atoms with van der Waals surface area (Å²) < 4.78 is 23.2. The summed E-state index contributed by atoms with van der Waals surface area (Å²) in [5.74, 6) is -1.27. The van der Waals surface area contributed by atoms with Crippen LogP contribution >= 0.6 is 0 Å². The van der Waals surface area contributed by atoms with Gasteiger partial charge in [0.1, 0.15) is 17.8 Å². The van der Waals surface area contributed by atoms with Crippen molar-refractivity contribution in [1.82, 2.24) is 15.5 Å². The van der Waals surface area contributed by atoms with Gasteiger partial charge < -0.3 is 39.6 Å². The van der Waals surface area contributed by atoms with Crippen LogP contribution < -0.4 is 20.1 Å². The molecule has 2 amide bonds. The zero-order valence-corrected chi connectivity index (χ0v) is 24.1. The van der Waals surface area contributed by atoms with Gasteiger partial charge in [0.15, 0.2) is 23.7 Å². The van der Waals surface area contributed by atoms with E-state index in [1.807, 2.05) is 19.2 Å². The molecule has 12 heteroatoms. The third-order valence-electron chi connectivity index (χ3n) is 8.93. The number of esters is 2. The van der Waals surface area contributed by atoms with Crippen LogP contribution in [-0.2, 0) is 40.5 Å². The molecule has 2 bridgehead atoms. The molecule has 1 fully saturated rings. The molecule has 1 spiro atoms. The summed E-state index contributed by atoms with van der Waals surface area (Å²) in [7, 11) is 3.57. The van der Waals surface area contributed by atoms with E-state index in [1.54, 1.807) is 13.2 Å². The number of carbonyl (C=O) groups excluding carboxylic acids is 4. The highest BCUT2D eigenvalue weighted by molar-refractivity contribution is 5.90. The van der Waals surface area contributed by atoms with E-state index >= 15 is 0 Å². The Labute approximate surface area is 238 Å². The van der Waals surface area contributed by atoms with Crippen molar-refractivity contribution in [3.05, 3.63) is 35.1 Å². The van der Waals surface area contributed by atoms with Gasteiger partial charge in [0, 0.05) is 24.9 Å². The van der Waals surface area contributed by atoms with Crippen molar-refractivity contribution >= 4 is 23.8 Å². The van der Waals surface area contributed by atoms with E-state index in [0.29, 0.717) is 24.3 Å². The zero-order chi connectivity index (χ0) is 29.9. The number of likely N-dealkylation sites (N-methyl/N-ethyl adjacent to an activating group) is 1. The fraction of sp³-hybridized carbons (Fsp3) is 0.586. The quantitative estimate of drug-likeness (QED) is 0.376. The fourth-order valence-electron chi connectivity index (χ4n) is 6.88. The molecule has 41 heavy (non-hydrogen) atoms. The molecule has 222 valence electrons. The SMILES string of the molecule is COc1ccc2c3c1OC1C(OC(=O)C(C)OC(=O)C(C)NC(=O)C(C)NC(C)=O)=CCC4(O)C(C2)N(C)CCC314. The summed E-state index contributed by atoms with van der Waals surface area (Å²) in [5.41, 5.74) is -0.00298. The van der Waals surface area contributed by atoms with Crippen molar-refractivity contribution < 1.29 is 43.2 Å². The molecule has 2 heterocycles. The second kappa shape index (κ2) is 10.3. The molecule has 5 rings (SSSR count). The lowest BCUT2D eigenvalue weighted by atomic mass is 9.50. The van der Waals surface area contributed by atoms with E-state index in [2.05, 4.69) is 15.5 Å². The monoisotopic (exact) mass is 571 g/mol. The van der Waals surface area contributed by atoms with E-state index in [0.717, 1.165) is 17.7 Å². The second-order valence-electron chi connectivity index (χ2n) is 11.4. The van der Waals surface area contributed by atoms with Gasteiger partial charge in [0.05, 0.1) is 18.1 Å². The van der Waals surface area contributed by atoms with E-state index in [1.165, 1.54) is 27.7 Å². The maximum atomic E-state index is 13.1. The summed E-state index contributed by atoms with van der Waals surface area (Å²) in [6, 6.07) is 1.80. The highest BCUT2D eigenvalue weighted by atomic mass is 16.6. The van der Waals surface area contributed by atoms with Crippen molar-refractivity contribution in [3.63, 3.8) is 0 Å². The van der Waals surface area contributed by atoms with Gasteiger partial charge >= 0.3 is 11.9 Å². The standard InChI is InChI=1S/C29H37N3O9/c1-14(30-17(4)33)25(34)31-15(2)26(35)39-16(3)27(36)40-20-9-10-29(37)21-13-18-7-8-19(38-6)23-22(18)28(29,24(20)41-23)11-12-32(21)5/h7-9,14-16,21,24,37H,10-13H2,1-6H3,(H,30,33)(H,31,34). The molecule has 7 unspecified atom stereocenters. The van der Waals surface area contributed by atoms with E-state index < -0.39 is 53.2 Å². The van der Waals surface area contributed by atoms with Gasteiger partial charge in [-0.25, -0.2) is 9.59 Å². The Morgan fingerprint density at radius 1 is 1.12 bits per heavy atom. The van der Waals surface area contributed by atoms with Crippen LogP contribution in [0.4, 0.5) is 0 Å². The highest BCUT2D eigenvalue weighted by Crippen LogP contribution is 2.65. The lowest BCUT2D eigenvalue weighted by Crippen LogP contribution is -2.74. The normalized spacial score (nSPS) is 29.5. The van der Waals surface area contributed by atoms with Crippen LogP contribution in [0.2, 0.25) is 0 Å². The summed E-state index contributed by atoms with van der Waals surface area (Å²) in [5, 5.41) is 17.2. The average molecular weight is 572 g/mol. The van der Waals surface area contributed by atoms with E-state index in [-0.39, 0.29) is 24.1 Å². The smallest absolute Gasteiger partial charge is 0.352 e. The molecule has 12 nitrogen and oxygen atoms in total. The number of likely N-dealkylation sites (tertiary alicyclic amines) is 1. The van der Waals surface area contributed by atoms with Gasteiger partial charge in [-0.15, -0.1) is 0 Å². The number of aliphatic hydroxyl groups is 1. The molecule has 1 aromatic carbocycles. The van der Waals surface area contributed by atoms with Crippen LogP contribution in [0.5, 0.6) is 11.5 Å². The number of piperidine rings is 1. The van der Waals surface area contributed by atoms with Gasteiger partial charge in [-0.05, 0) is 64.9 Å². The number of benzene rings is 1. The first kappa shape index (κ1) is 28.9. The number of ether oxygens (including phenoxy) is 4. The van der Waals surface area contributed by atoms with Crippen LogP contribution in [0.25, 0.3) is 0 Å². The predicted octanol–water partition coefficient (Wildman–Crippen LogP) is 0.477. The molecule has 1 saturated heterocycles. The maximum Gasteiger partial charge on any atom is 0.352 e. The number of hydrogen-bond donors (Lipinski definition) is 3. The Morgan fingerprint density at radius 2 is 1.85 bits per heavy atom. The third-order valence-corrected chi connectivity index (χ3v) is 8.93. The Morgan fingerprint density at radius 3 is 2.54 bits per heavy atom. The lowest BCUT2D eigenvalue weighted by molar-refractivity contribution is -0.176. The highest BCUT2D eigenvalue weighted by Gasteiger charge is 2.72. The molecule has 0 aromatic heterocycles. The first-order valence-electron chi connectivity index (χ1n) is 13.8. The minimum atomic E-state index is -1.29. The van der Waals surface area contributed by atoms with Crippen molar-refractivity contribution in [2.24, 2.45) is 0 Å². The molecule has 3 N–H and O–H groups in total. The third kappa shape index (κ3) is 4.44. The lowest BCUT2D eigenvalue weighted by Gasteiger charge is -2.61. The molecule has 2 aliphatic heterocycles. The minimum absolute atomic E-state index is 0.146. The number of amides is 2. The van der Waals surface area contributed by atoms with Crippen LogP contribution in [-0.4, -0.2) is 90.4 Å². The Hall–Kier alpha value is -3.64. The van der Waals surface area contributed by atoms with E-state index in [4.69, 9.17) is 18.9 Å². The largest absolute Gasteiger partial charge is 0.493 e. The number of nitrogens with one attached hydrogen (secondary N) is 2. The molecule has 0 radical (unpaired) electrons. The number of carbonyl (C=O) groups is 4. The van der Waals surface area contributed by atoms with Crippen molar-refractivity contribution in [2.45, 2.75) is 88.3 Å². The second-order valence-corrected chi connectivity index (χ2v) is 11.4. The van der Waals surface area contributed by atoms with Gasteiger partial charge in [0.2, 0.25) is 11.8 Å². The van der Waals surface area contributed by atoms with Crippen LogP contribution in [0.15, 0.2) is 24.0 Å². The molecule has 7 atom stereocenters. The molecule has 1 aromatic rings. The van der Waals surface area contributed by atoms with Gasteiger partial charge in [0.25, 0.3) is 0 Å². The first-order valence-corrected chi connectivity index (χ1v) is 13.8. The number of methoxy groups -OCH3 is 1. The summed E-state index contributed by atoms with van der Waals surface area (Å²) in [6.07, 6.45) is 1.12. The van der Waals surface area contributed by atoms with Crippen LogP contribution in [0.1, 0.15) is 51.7 Å². The molecular weight excluding hydrogens is 534 g/mol. The van der Waals surface area contributed by atoms with Crippen LogP contribution in [0, 0.1) is 0 Å². The topological polar surface area (TPSA) is 153 Å². The summed E-state index contributed by atoms with van der Waals surface area (Å²) >= 11 is 0. The van der Waals surface area contributed by atoms with E-state index in [9.17, 15) is 24.3 Å². The molecular formula is C29H37N3O9. The number of hydrogen-bond acceptors (Lipinski definition) is 10. The number of nitrogens with zero attached hydrogens (tertiary/aromatic N) is 1. The Balaban J connectivity index is 1.33. The van der Waals surface area contributed by atoms with Gasteiger partial charge in [-0.1, -0.05) is 6.07 Å². The number of rotatable bonds is 8. The fourth-order valence-corrected chi connectivity index (χ4v) is 6.88. The molecule has 0 saturated carbocycles. The van der Waals surface area contributed by atoms with Crippen molar-refractivity contribution in [2.75, 3.05) is 20.7 Å². The van der Waals surface area contributed by atoms with Crippen molar-refractivity contribution in [3.8, 4) is 11.5 Å². The Kier molecular flexibility index (Phi) is 7.27. The molecule has 4 aliphatic rings. The molecule has 2 aliphatic carbocycles. The maximum absolute atomic E-state index is 13.1. The Bertz CT molecular complexity index is 1330. The van der Waals surface area contributed by atoms with Crippen molar-refractivity contribution in [1.29, 1.82) is 0 Å². The summed E-state index contributed by atoms with van der Waals surface area (Å²) in [4.78, 5) is 51.3. The van der Waals surface area contributed by atoms with Crippen LogP contribution in [0.3, 0.4) is 0 Å². The zero-order valence-electron chi connectivity index (χ0n) is 24.1. The van der Waals surface area contributed by atoms with Gasteiger partial charge in [-0.2, -0.15) is 0 Å².